The molecule has 2 rings (SSSR count). The first-order valence-electron chi connectivity index (χ1n) is 6.53. The van der Waals surface area contributed by atoms with Crippen LogP contribution in [0.2, 0.25) is 0 Å². The van der Waals surface area contributed by atoms with E-state index in [0.717, 1.165) is 11.6 Å². The quantitative estimate of drug-likeness (QED) is 0.896. The highest BCUT2D eigenvalue weighted by Gasteiger charge is 2.16. The Morgan fingerprint density at radius 3 is 2.37 bits per heavy atom. The Labute approximate surface area is 114 Å². The van der Waals surface area contributed by atoms with E-state index in [4.69, 9.17) is 4.74 Å². The zero-order valence-corrected chi connectivity index (χ0v) is 11.9. The molecule has 0 radical (unpaired) electrons. The number of imidazole rings is 1. The highest BCUT2D eigenvalue weighted by molar-refractivity contribution is 5.32. The molecule has 1 aromatic carbocycles. The van der Waals surface area contributed by atoms with E-state index in [-0.39, 0.29) is 12.1 Å². The first kappa shape index (κ1) is 13.6. The number of aryl methyl sites for hydroxylation is 1. The Kier molecular flexibility index (Phi) is 4.22. The molecule has 1 N–H and O–H groups in total. The van der Waals surface area contributed by atoms with Gasteiger partial charge >= 0.3 is 0 Å². The van der Waals surface area contributed by atoms with Crippen LogP contribution in [0.4, 0.5) is 0 Å². The van der Waals surface area contributed by atoms with Crippen LogP contribution in [-0.4, -0.2) is 22.7 Å². The number of nitrogens with one attached hydrogen (secondary N) is 1. The van der Waals surface area contributed by atoms with Crippen LogP contribution < -0.4 is 10.1 Å². The molecule has 0 aliphatic carbocycles. The van der Waals surface area contributed by atoms with E-state index < -0.39 is 0 Å². The van der Waals surface area contributed by atoms with Crippen LogP contribution in [0, 0.1) is 0 Å². The van der Waals surface area contributed by atoms with Gasteiger partial charge in [0.05, 0.1) is 12.1 Å². The molecule has 0 amide bonds. The third kappa shape index (κ3) is 3.15. The number of hydrogen-bond donors (Lipinski definition) is 1. The van der Waals surface area contributed by atoms with Crippen molar-refractivity contribution < 1.29 is 4.74 Å². The van der Waals surface area contributed by atoms with E-state index in [0.29, 0.717) is 0 Å². The van der Waals surface area contributed by atoms with Crippen LogP contribution in [0.3, 0.4) is 0 Å². The highest BCUT2D eigenvalue weighted by Crippen LogP contribution is 2.22. The molecule has 0 saturated heterocycles. The van der Waals surface area contributed by atoms with Gasteiger partial charge < -0.3 is 14.6 Å². The number of nitrogens with zero attached hydrogens (tertiary/aromatic N) is 2. The Morgan fingerprint density at radius 1 is 1.21 bits per heavy atom. The van der Waals surface area contributed by atoms with E-state index in [1.54, 1.807) is 0 Å². The lowest BCUT2D eigenvalue weighted by molar-refractivity contribution is 0.242. The second-order valence-electron chi connectivity index (χ2n) is 4.85. The molecule has 0 aliphatic rings. The minimum Gasteiger partial charge on any atom is -0.491 e. The van der Waals surface area contributed by atoms with Gasteiger partial charge in [-0.05, 0) is 38.6 Å². The van der Waals surface area contributed by atoms with Crippen molar-refractivity contribution in [3.63, 3.8) is 0 Å². The standard InChI is InChI=1S/C15H21N3O/c1-11(2)19-13-7-5-12(6-8-13)14(16-3)15-17-9-10-18(15)4/h5-11,14,16H,1-4H3. The minimum atomic E-state index is 0.0908. The molecule has 1 unspecified atom stereocenters. The smallest absolute Gasteiger partial charge is 0.130 e. The van der Waals surface area contributed by atoms with E-state index in [9.17, 15) is 0 Å². The van der Waals surface area contributed by atoms with Crippen molar-refractivity contribution in [1.82, 2.24) is 14.9 Å². The normalized spacial score (nSPS) is 12.7. The molecule has 0 spiro atoms. The van der Waals surface area contributed by atoms with Gasteiger partial charge in [-0.2, -0.15) is 0 Å². The lowest BCUT2D eigenvalue weighted by atomic mass is 10.1. The van der Waals surface area contributed by atoms with Crippen LogP contribution in [0.5, 0.6) is 5.75 Å². The average Bonchev–Trinajstić information content (AvgIpc) is 2.78. The van der Waals surface area contributed by atoms with Crippen LogP contribution in [0.15, 0.2) is 36.7 Å². The summed E-state index contributed by atoms with van der Waals surface area (Å²) in [5.74, 6) is 1.90. The maximum atomic E-state index is 5.66. The maximum absolute atomic E-state index is 5.66. The monoisotopic (exact) mass is 259 g/mol. The molecular formula is C15H21N3O. The zero-order valence-electron chi connectivity index (χ0n) is 11.9. The second-order valence-corrected chi connectivity index (χ2v) is 4.85. The number of rotatable bonds is 5. The van der Waals surface area contributed by atoms with Crippen molar-refractivity contribution in [3.05, 3.63) is 48.0 Å². The number of ether oxygens (including phenoxy) is 1. The molecule has 1 heterocycles. The Morgan fingerprint density at radius 2 is 1.89 bits per heavy atom. The third-order valence-corrected chi connectivity index (χ3v) is 2.99. The van der Waals surface area contributed by atoms with Crippen molar-refractivity contribution in [2.24, 2.45) is 7.05 Å². The largest absolute Gasteiger partial charge is 0.491 e. The van der Waals surface area contributed by atoms with Crippen molar-refractivity contribution in [2.45, 2.75) is 26.0 Å². The number of hydrogen-bond acceptors (Lipinski definition) is 3. The molecular weight excluding hydrogens is 238 g/mol. The fourth-order valence-corrected chi connectivity index (χ4v) is 2.11. The summed E-state index contributed by atoms with van der Waals surface area (Å²) < 4.78 is 7.68. The summed E-state index contributed by atoms with van der Waals surface area (Å²) in [7, 11) is 3.95. The minimum absolute atomic E-state index is 0.0908. The van der Waals surface area contributed by atoms with Crippen LogP contribution >= 0.6 is 0 Å². The SMILES string of the molecule is CNC(c1ccc(OC(C)C)cc1)c1nccn1C. The fourth-order valence-electron chi connectivity index (χ4n) is 2.11. The Bertz CT molecular complexity index is 516. The molecule has 0 saturated carbocycles. The van der Waals surface area contributed by atoms with Gasteiger partial charge in [0, 0.05) is 19.4 Å². The van der Waals surface area contributed by atoms with Crippen molar-refractivity contribution in [2.75, 3.05) is 7.05 Å². The lowest BCUT2D eigenvalue weighted by Crippen LogP contribution is -2.21. The molecule has 1 aromatic heterocycles. The van der Waals surface area contributed by atoms with Gasteiger partial charge in [0.25, 0.3) is 0 Å². The predicted molar refractivity (Wildman–Crippen MR) is 76.3 cm³/mol. The first-order valence-corrected chi connectivity index (χ1v) is 6.53. The van der Waals surface area contributed by atoms with Gasteiger partial charge in [-0.25, -0.2) is 4.98 Å². The molecule has 0 bridgehead atoms. The second kappa shape index (κ2) is 5.89. The summed E-state index contributed by atoms with van der Waals surface area (Å²) in [6.45, 7) is 4.05. The van der Waals surface area contributed by atoms with Gasteiger partial charge in [0.2, 0.25) is 0 Å². The molecule has 0 aliphatic heterocycles. The lowest BCUT2D eigenvalue weighted by Gasteiger charge is -2.17. The molecule has 1 atom stereocenters. The molecule has 19 heavy (non-hydrogen) atoms. The molecule has 102 valence electrons. The van der Waals surface area contributed by atoms with Crippen LogP contribution in [0.25, 0.3) is 0 Å². The highest BCUT2D eigenvalue weighted by atomic mass is 16.5. The maximum Gasteiger partial charge on any atom is 0.130 e. The van der Waals surface area contributed by atoms with Crippen molar-refractivity contribution >= 4 is 0 Å². The van der Waals surface area contributed by atoms with Crippen LogP contribution in [0.1, 0.15) is 31.3 Å². The molecule has 0 fully saturated rings. The van der Waals surface area contributed by atoms with Gasteiger partial charge in [-0.15, -0.1) is 0 Å². The number of benzene rings is 1. The molecule has 4 nitrogen and oxygen atoms in total. The summed E-state index contributed by atoms with van der Waals surface area (Å²) in [4.78, 5) is 4.40. The summed E-state index contributed by atoms with van der Waals surface area (Å²) in [5, 5.41) is 3.30. The summed E-state index contributed by atoms with van der Waals surface area (Å²) in [5.41, 5.74) is 1.17. The predicted octanol–water partition coefficient (Wildman–Crippen LogP) is 2.52. The summed E-state index contributed by atoms with van der Waals surface area (Å²) in [6, 6.07) is 8.25. The fraction of sp³-hybridized carbons (Fsp3) is 0.400. The Balaban J connectivity index is 2.22. The zero-order chi connectivity index (χ0) is 13.8. The van der Waals surface area contributed by atoms with Crippen molar-refractivity contribution in [3.8, 4) is 5.75 Å². The van der Waals surface area contributed by atoms with E-state index >= 15 is 0 Å². The van der Waals surface area contributed by atoms with E-state index in [1.165, 1.54) is 5.56 Å². The van der Waals surface area contributed by atoms with Gasteiger partial charge in [0.1, 0.15) is 11.6 Å². The van der Waals surface area contributed by atoms with Gasteiger partial charge in [-0.1, -0.05) is 12.1 Å². The van der Waals surface area contributed by atoms with Crippen molar-refractivity contribution in [1.29, 1.82) is 0 Å². The van der Waals surface area contributed by atoms with E-state index in [2.05, 4.69) is 22.4 Å². The Hall–Kier alpha value is -1.81. The first-order chi connectivity index (χ1) is 9.11. The summed E-state index contributed by atoms with van der Waals surface area (Å²) >= 11 is 0. The van der Waals surface area contributed by atoms with Crippen LogP contribution in [-0.2, 0) is 7.05 Å². The molecule has 4 heteroatoms. The summed E-state index contributed by atoms with van der Waals surface area (Å²) in [6.07, 6.45) is 3.96. The van der Waals surface area contributed by atoms with E-state index in [1.807, 2.05) is 57.0 Å². The topological polar surface area (TPSA) is 39.1 Å². The average molecular weight is 259 g/mol. The van der Waals surface area contributed by atoms with Gasteiger partial charge in [0.15, 0.2) is 0 Å². The third-order valence-electron chi connectivity index (χ3n) is 2.99. The number of aromatic nitrogens is 2. The molecule has 2 aromatic rings. The van der Waals surface area contributed by atoms with Gasteiger partial charge in [-0.3, -0.25) is 0 Å².